The van der Waals surface area contributed by atoms with E-state index in [2.05, 4.69) is 4.99 Å². The lowest BCUT2D eigenvalue weighted by atomic mass is 10.1. The fraction of sp³-hybridized carbons (Fsp3) is 0.200. The van der Waals surface area contributed by atoms with Crippen LogP contribution in [0, 0.1) is 0 Å². The van der Waals surface area contributed by atoms with Crippen LogP contribution in [-0.4, -0.2) is 40.4 Å². The number of aromatic nitrogens is 2. The van der Waals surface area contributed by atoms with E-state index in [4.69, 9.17) is 4.74 Å². The molecule has 8 heteroatoms. The molecule has 3 N–H and O–H groups in total. The Morgan fingerprint density at radius 3 is 2.61 bits per heavy atom. The maximum absolute atomic E-state index is 11.8. The summed E-state index contributed by atoms with van der Waals surface area (Å²) in [5.74, 6) is -1.20. The fourth-order valence-corrected chi connectivity index (χ4v) is 1.94. The number of hydrogen-bond donors (Lipinski definition) is 3. The Morgan fingerprint density at radius 2 is 2.00 bits per heavy atom. The quantitative estimate of drug-likeness (QED) is 0.527. The molecule has 23 heavy (non-hydrogen) atoms. The average molecular weight is 317 g/mol. The summed E-state index contributed by atoms with van der Waals surface area (Å²) in [5.41, 5.74) is -1.03. The maximum Gasteiger partial charge on any atom is 0.330 e. The molecule has 0 spiro atoms. The molecule has 0 radical (unpaired) electrons. The Morgan fingerprint density at radius 1 is 1.30 bits per heavy atom. The number of ether oxygens (including phenoxy) is 1. The predicted octanol–water partition coefficient (Wildman–Crippen LogP) is -0.0280. The molecule has 0 saturated carbocycles. The topological polar surface area (TPSA) is 125 Å². The monoisotopic (exact) mass is 317 g/mol. The predicted molar refractivity (Wildman–Crippen MR) is 82.9 cm³/mol. The number of aromatic hydroxyl groups is 1. The molecule has 0 amide bonds. The van der Waals surface area contributed by atoms with Gasteiger partial charge in [-0.15, -0.1) is 0 Å². The lowest BCUT2D eigenvalue weighted by Gasteiger charge is -2.10. The van der Waals surface area contributed by atoms with Crippen molar-refractivity contribution in [1.29, 1.82) is 0 Å². The molecule has 0 aliphatic heterocycles. The summed E-state index contributed by atoms with van der Waals surface area (Å²) in [7, 11) is 1.24. The number of benzene rings is 1. The van der Waals surface area contributed by atoms with Crippen LogP contribution >= 0.6 is 0 Å². The number of nitrogens with zero attached hydrogens (tertiary/aromatic N) is 1. The SMILES string of the molecule is COC(=O)[C@H](Cc1ccccc1)N=Cc1c(O)[nH]c(=O)[nH]c1=O. The highest BCUT2D eigenvalue weighted by Gasteiger charge is 2.18. The largest absolute Gasteiger partial charge is 0.494 e. The molecule has 0 aliphatic rings. The Bertz CT molecular complexity index is 823. The minimum atomic E-state index is -0.881. The van der Waals surface area contributed by atoms with Gasteiger partial charge in [-0.3, -0.25) is 19.8 Å². The molecule has 0 bridgehead atoms. The highest BCUT2D eigenvalue weighted by molar-refractivity contribution is 5.85. The Balaban J connectivity index is 2.29. The number of H-pyrrole nitrogens is 2. The summed E-state index contributed by atoms with van der Waals surface area (Å²) >= 11 is 0. The standard InChI is InChI=1S/C15H15N3O5/c1-23-14(21)11(7-9-5-3-2-4-6-9)16-8-10-12(19)17-15(22)18-13(10)20/h2-6,8,11H,7H2,1H3,(H3,17,18,19,20,22)/t11-/m0/s1. The van der Waals surface area contributed by atoms with E-state index in [0.29, 0.717) is 0 Å². The fourth-order valence-electron chi connectivity index (χ4n) is 1.94. The van der Waals surface area contributed by atoms with Crippen LogP contribution in [0.1, 0.15) is 11.1 Å². The number of carbonyl (C=O) groups is 1. The number of aliphatic imine (C=N–C) groups is 1. The molecule has 2 aromatic rings. The second-order valence-corrected chi connectivity index (χ2v) is 4.68. The zero-order valence-corrected chi connectivity index (χ0v) is 12.3. The van der Waals surface area contributed by atoms with E-state index in [1.165, 1.54) is 7.11 Å². The molecule has 1 aromatic carbocycles. The molecule has 1 atom stereocenters. The van der Waals surface area contributed by atoms with Crippen molar-refractivity contribution in [3.8, 4) is 5.88 Å². The van der Waals surface area contributed by atoms with Gasteiger partial charge in [0.1, 0.15) is 5.56 Å². The van der Waals surface area contributed by atoms with E-state index < -0.39 is 29.1 Å². The van der Waals surface area contributed by atoms with Crippen molar-refractivity contribution in [3.05, 3.63) is 62.3 Å². The maximum atomic E-state index is 11.8. The molecule has 120 valence electrons. The second-order valence-electron chi connectivity index (χ2n) is 4.68. The van der Waals surface area contributed by atoms with Crippen LogP contribution in [0.15, 0.2) is 44.9 Å². The second kappa shape index (κ2) is 7.21. The van der Waals surface area contributed by atoms with E-state index >= 15 is 0 Å². The Labute approximate surface area is 130 Å². The zero-order chi connectivity index (χ0) is 16.8. The lowest BCUT2D eigenvalue weighted by Crippen LogP contribution is -2.26. The van der Waals surface area contributed by atoms with E-state index in [-0.39, 0.29) is 12.0 Å². The van der Waals surface area contributed by atoms with Gasteiger partial charge < -0.3 is 9.84 Å². The smallest absolute Gasteiger partial charge is 0.330 e. The van der Waals surface area contributed by atoms with Crippen molar-refractivity contribution < 1.29 is 14.6 Å². The van der Waals surface area contributed by atoms with Crippen molar-refractivity contribution >= 4 is 12.2 Å². The first-order valence-electron chi connectivity index (χ1n) is 6.71. The summed E-state index contributed by atoms with van der Waals surface area (Å²) in [6.07, 6.45) is 1.31. The summed E-state index contributed by atoms with van der Waals surface area (Å²) in [4.78, 5) is 42.5. The highest BCUT2D eigenvalue weighted by atomic mass is 16.5. The number of methoxy groups -OCH3 is 1. The van der Waals surface area contributed by atoms with Crippen LogP contribution in [0.3, 0.4) is 0 Å². The van der Waals surface area contributed by atoms with Crippen molar-refractivity contribution in [2.45, 2.75) is 12.5 Å². The highest BCUT2D eigenvalue weighted by Crippen LogP contribution is 2.09. The van der Waals surface area contributed by atoms with Gasteiger partial charge in [0.05, 0.1) is 7.11 Å². The third-order valence-corrected chi connectivity index (χ3v) is 3.09. The number of aromatic amines is 2. The van der Waals surface area contributed by atoms with Gasteiger partial charge in [0.15, 0.2) is 6.04 Å². The van der Waals surface area contributed by atoms with Gasteiger partial charge in [0, 0.05) is 12.6 Å². The summed E-state index contributed by atoms with van der Waals surface area (Å²) in [6.45, 7) is 0. The van der Waals surface area contributed by atoms with Crippen molar-refractivity contribution in [3.63, 3.8) is 0 Å². The van der Waals surface area contributed by atoms with Gasteiger partial charge in [-0.25, -0.2) is 9.59 Å². The Hall–Kier alpha value is -3.16. The van der Waals surface area contributed by atoms with Crippen molar-refractivity contribution in [1.82, 2.24) is 9.97 Å². The molecule has 0 saturated heterocycles. The number of esters is 1. The normalized spacial score (nSPS) is 12.2. The molecule has 8 nitrogen and oxygen atoms in total. The molecular formula is C15H15N3O5. The minimum absolute atomic E-state index is 0.244. The Kier molecular flexibility index (Phi) is 5.08. The number of hydrogen-bond acceptors (Lipinski definition) is 6. The molecule has 0 fully saturated rings. The molecule has 0 aliphatic carbocycles. The lowest BCUT2D eigenvalue weighted by molar-refractivity contribution is -0.142. The first-order chi connectivity index (χ1) is 11.0. The van der Waals surface area contributed by atoms with Crippen LogP contribution in [0.25, 0.3) is 0 Å². The first kappa shape index (κ1) is 16.2. The summed E-state index contributed by atoms with van der Waals surface area (Å²) in [6, 6.07) is 8.27. The van der Waals surface area contributed by atoms with Crippen molar-refractivity contribution in [2.24, 2.45) is 4.99 Å². The van der Waals surface area contributed by atoms with Crippen LogP contribution in [0.5, 0.6) is 5.88 Å². The van der Waals surface area contributed by atoms with Crippen LogP contribution in [-0.2, 0) is 16.0 Å². The summed E-state index contributed by atoms with van der Waals surface area (Å²) < 4.78 is 4.69. The van der Waals surface area contributed by atoms with Gasteiger partial charge in [-0.1, -0.05) is 30.3 Å². The van der Waals surface area contributed by atoms with Gasteiger partial charge in [0.25, 0.3) is 5.56 Å². The van der Waals surface area contributed by atoms with Crippen LogP contribution in [0.4, 0.5) is 0 Å². The molecular weight excluding hydrogens is 302 g/mol. The zero-order valence-electron chi connectivity index (χ0n) is 12.3. The van der Waals surface area contributed by atoms with E-state index in [1.54, 1.807) is 0 Å². The molecule has 2 rings (SSSR count). The van der Waals surface area contributed by atoms with E-state index in [1.807, 2.05) is 40.3 Å². The minimum Gasteiger partial charge on any atom is -0.494 e. The number of nitrogens with one attached hydrogen (secondary N) is 2. The third kappa shape index (κ3) is 4.16. The van der Waals surface area contributed by atoms with Gasteiger partial charge >= 0.3 is 11.7 Å². The van der Waals surface area contributed by atoms with E-state index in [9.17, 15) is 19.5 Å². The van der Waals surface area contributed by atoms with Crippen molar-refractivity contribution in [2.75, 3.05) is 7.11 Å². The number of carbonyl (C=O) groups excluding carboxylic acids is 1. The van der Waals surface area contributed by atoms with E-state index in [0.717, 1.165) is 11.8 Å². The molecule has 0 unspecified atom stereocenters. The third-order valence-electron chi connectivity index (χ3n) is 3.09. The molecule has 1 heterocycles. The van der Waals surface area contributed by atoms with Gasteiger partial charge in [-0.2, -0.15) is 0 Å². The first-order valence-corrected chi connectivity index (χ1v) is 6.71. The average Bonchev–Trinajstić information content (AvgIpc) is 2.53. The van der Waals surface area contributed by atoms with Gasteiger partial charge in [-0.05, 0) is 5.56 Å². The summed E-state index contributed by atoms with van der Waals surface area (Å²) in [5, 5.41) is 9.59. The number of rotatable bonds is 5. The van der Waals surface area contributed by atoms with Gasteiger partial charge in [0.2, 0.25) is 5.88 Å². The molecule has 1 aromatic heterocycles. The van der Waals surface area contributed by atoms with Crippen LogP contribution < -0.4 is 11.2 Å². The van der Waals surface area contributed by atoms with Crippen LogP contribution in [0.2, 0.25) is 0 Å².